The molecule has 1 aliphatic carbocycles. The molecule has 1 nitrogen and oxygen atoms in total. The molecule has 1 aromatic carbocycles. The summed E-state index contributed by atoms with van der Waals surface area (Å²) in [6, 6.07) is 3.25. The van der Waals surface area contributed by atoms with E-state index in [0.29, 0.717) is 16.1 Å². The zero-order valence-corrected chi connectivity index (χ0v) is 13.0. The van der Waals surface area contributed by atoms with Gasteiger partial charge in [-0.15, -0.1) is 0 Å². The predicted molar refractivity (Wildman–Crippen MR) is 74.2 cm³/mol. The molecule has 0 heterocycles. The molecule has 0 bridgehead atoms. The van der Waals surface area contributed by atoms with Gasteiger partial charge in [0.1, 0.15) is 11.6 Å². The summed E-state index contributed by atoms with van der Waals surface area (Å²) >= 11 is 6.95. The minimum absolute atomic E-state index is 0.210. The van der Waals surface area contributed by atoms with Gasteiger partial charge in [-0.2, -0.15) is 0 Å². The van der Waals surface area contributed by atoms with Crippen LogP contribution in [-0.2, 0) is 0 Å². The number of alkyl halides is 1. The highest BCUT2D eigenvalue weighted by Gasteiger charge is 2.34. The number of hydrogen-bond acceptors (Lipinski definition) is 1. The van der Waals surface area contributed by atoms with Gasteiger partial charge in [0, 0.05) is 16.5 Å². The molecule has 0 saturated heterocycles. The highest BCUT2D eigenvalue weighted by molar-refractivity contribution is 9.10. The molecule has 1 fully saturated rings. The van der Waals surface area contributed by atoms with Gasteiger partial charge in [0.2, 0.25) is 0 Å². The van der Waals surface area contributed by atoms with Crippen LogP contribution < -0.4 is 4.74 Å². The van der Waals surface area contributed by atoms with E-state index in [0.717, 1.165) is 11.5 Å². The van der Waals surface area contributed by atoms with Crippen LogP contribution in [0.15, 0.2) is 16.6 Å². The van der Waals surface area contributed by atoms with Crippen LogP contribution in [0.1, 0.15) is 30.2 Å². The molecular formula is C13H15Br2FO. The summed E-state index contributed by atoms with van der Waals surface area (Å²) in [5, 5.41) is 0. The normalized spacial score (nSPS) is 18.9. The van der Waals surface area contributed by atoms with Crippen molar-refractivity contribution in [3.63, 3.8) is 0 Å². The highest BCUT2D eigenvalue weighted by Crippen LogP contribution is 2.48. The van der Waals surface area contributed by atoms with Gasteiger partial charge in [-0.1, -0.05) is 22.9 Å². The molecule has 0 amide bonds. The lowest BCUT2D eigenvalue weighted by Gasteiger charge is -2.21. The van der Waals surface area contributed by atoms with Gasteiger partial charge in [-0.25, -0.2) is 4.39 Å². The molecule has 0 aliphatic heterocycles. The van der Waals surface area contributed by atoms with E-state index in [1.807, 2.05) is 6.07 Å². The van der Waals surface area contributed by atoms with Crippen molar-refractivity contribution in [1.82, 2.24) is 0 Å². The molecule has 1 aliphatic rings. The number of benzene rings is 1. The lowest BCUT2D eigenvalue weighted by molar-refractivity contribution is 0.398. The molecule has 2 atom stereocenters. The summed E-state index contributed by atoms with van der Waals surface area (Å²) in [7, 11) is 1.58. The third kappa shape index (κ3) is 2.84. The molecule has 0 aromatic heterocycles. The average Bonchev–Trinajstić information content (AvgIpc) is 3.14. The zero-order valence-electron chi connectivity index (χ0n) is 9.84. The maximum atomic E-state index is 13.4. The smallest absolute Gasteiger partial charge is 0.141 e. The maximum absolute atomic E-state index is 13.4. The SMILES string of the molecule is COc1cc(F)c(Br)cc1C(Br)C(C)C1CC1. The van der Waals surface area contributed by atoms with Crippen molar-refractivity contribution in [2.75, 3.05) is 7.11 Å². The predicted octanol–water partition coefficient (Wildman–Crippen LogP) is 5.08. The minimum atomic E-state index is -0.288. The summed E-state index contributed by atoms with van der Waals surface area (Å²) < 4.78 is 19.2. The van der Waals surface area contributed by atoms with E-state index < -0.39 is 0 Å². The van der Waals surface area contributed by atoms with Crippen LogP contribution in [0.25, 0.3) is 0 Å². The molecule has 1 saturated carbocycles. The Bertz CT molecular complexity index is 418. The molecular weight excluding hydrogens is 351 g/mol. The van der Waals surface area contributed by atoms with Crippen LogP contribution in [0, 0.1) is 17.7 Å². The topological polar surface area (TPSA) is 9.23 Å². The van der Waals surface area contributed by atoms with Crippen molar-refractivity contribution < 1.29 is 9.13 Å². The van der Waals surface area contributed by atoms with E-state index in [9.17, 15) is 4.39 Å². The van der Waals surface area contributed by atoms with Gasteiger partial charge >= 0.3 is 0 Å². The quantitative estimate of drug-likeness (QED) is 0.676. The van der Waals surface area contributed by atoms with Crippen LogP contribution in [0.2, 0.25) is 0 Å². The molecule has 2 unspecified atom stereocenters. The molecule has 0 spiro atoms. The second-order valence-electron chi connectivity index (χ2n) is 4.61. The number of ether oxygens (including phenoxy) is 1. The Labute approximate surface area is 118 Å². The fraction of sp³-hybridized carbons (Fsp3) is 0.538. The summed E-state index contributed by atoms with van der Waals surface area (Å²) in [4.78, 5) is 0.210. The lowest BCUT2D eigenvalue weighted by atomic mass is 9.96. The number of methoxy groups -OCH3 is 1. The Balaban J connectivity index is 2.32. The van der Waals surface area contributed by atoms with Gasteiger partial charge in [-0.3, -0.25) is 0 Å². The highest BCUT2D eigenvalue weighted by atomic mass is 79.9. The van der Waals surface area contributed by atoms with Crippen LogP contribution in [-0.4, -0.2) is 7.11 Å². The first-order valence-corrected chi connectivity index (χ1v) is 7.42. The number of halogens is 3. The Hall–Kier alpha value is -0.0900. The maximum Gasteiger partial charge on any atom is 0.141 e. The van der Waals surface area contributed by atoms with Gasteiger partial charge in [-0.05, 0) is 46.7 Å². The second-order valence-corrected chi connectivity index (χ2v) is 6.45. The summed E-state index contributed by atoms with van der Waals surface area (Å²) in [5.74, 6) is 1.65. The molecule has 94 valence electrons. The van der Waals surface area contributed by atoms with E-state index in [-0.39, 0.29) is 10.6 Å². The third-order valence-corrected chi connectivity index (χ3v) is 5.33. The Morgan fingerprint density at radius 1 is 1.41 bits per heavy atom. The first-order chi connectivity index (χ1) is 8.04. The number of hydrogen-bond donors (Lipinski definition) is 0. The van der Waals surface area contributed by atoms with Crippen LogP contribution in [0.5, 0.6) is 5.75 Å². The monoisotopic (exact) mass is 364 g/mol. The van der Waals surface area contributed by atoms with E-state index in [2.05, 4.69) is 38.8 Å². The van der Waals surface area contributed by atoms with Gasteiger partial charge in [0.05, 0.1) is 11.6 Å². The molecule has 4 heteroatoms. The van der Waals surface area contributed by atoms with Crippen molar-refractivity contribution in [2.24, 2.45) is 11.8 Å². The van der Waals surface area contributed by atoms with Crippen molar-refractivity contribution in [3.8, 4) is 5.75 Å². The van der Waals surface area contributed by atoms with Crippen LogP contribution in [0.4, 0.5) is 4.39 Å². The largest absolute Gasteiger partial charge is 0.496 e. The Kier molecular flexibility index (Phi) is 4.14. The van der Waals surface area contributed by atoms with Gasteiger partial charge in [0.15, 0.2) is 0 Å². The van der Waals surface area contributed by atoms with Gasteiger partial charge < -0.3 is 4.74 Å². The Morgan fingerprint density at radius 2 is 2.06 bits per heavy atom. The first kappa shape index (κ1) is 13.3. The van der Waals surface area contributed by atoms with Crippen molar-refractivity contribution >= 4 is 31.9 Å². The lowest BCUT2D eigenvalue weighted by Crippen LogP contribution is -2.07. The third-order valence-electron chi connectivity index (χ3n) is 3.40. The average molecular weight is 366 g/mol. The standard InChI is InChI=1S/C13H15Br2FO/c1-7(8-3-4-8)13(15)9-5-10(14)11(16)6-12(9)17-2/h5-8,13H,3-4H2,1-2H3. The van der Waals surface area contributed by atoms with Gasteiger partial charge in [0.25, 0.3) is 0 Å². The van der Waals surface area contributed by atoms with Crippen LogP contribution >= 0.6 is 31.9 Å². The van der Waals surface area contributed by atoms with Crippen molar-refractivity contribution in [1.29, 1.82) is 0 Å². The fourth-order valence-electron chi connectivity index (χ4n) is 2.08. The summed E-state index contributed by atoms with van der Waals surface area (Å²) in [5.41, 5.74) is 1.01. The van der Waals surface area contributed by atoms with E-state index in [4.69, 9.17) is 4.74 Å². The fourth-order valence-corrected chi connectivity index (χ4v) is 3.23. The summed E-state index contributed by atoms with van der Waals surface area (Å²) in [6.45, 7) is 2.23. The Morgan fingerprint density at radius 3 is 2.59 bits per heavy atom. The molecule has 0 radical (unpaired) electrons. The first-order valence-electron chi connectivity index (χ1n) is 5.71. The number of rotatable bonds is 4. The van der Waals surface area contributed by atoms with E-state index in [1.54, 1.807) is 7.11 Å². The van der Waals surface area contributed by atoms with Crippen LogP contribution in [0.3, 0.4) is 0 Å². The molecule has 17 heavy (non-hydrogen) atoms. The molecule has 0 N–H and O–H groups in total. The van der Waals surface area contributed by atoms with E-state index in [1.165, 1.54) is 18.9 Å². The van der Waals surface area contributed by atoms with Crippen molar-refractivity contribution in [3.05, 3.63) is 28.0 Å². The van der Waals surface area contributed by atoms with E-state index >= 15 is 0 Å². The molecule has 2 rings (SSSR count). The zero-order chi connectivity index (χ0) is 12.6. The summed E-state index contributed by atoms with van der Waals surface area (Å²) in [6.07, 6.45) is 2.60. The second kappa shape index (κ2) is 5.27. The minimum Gasteiger partial charge on any atom is -0.496 e. The van der Waals surface area contributed by atoms with Crippen molar-refractivity contribution in [2.45, 2.75) is 24.6 Å². The molecule has 1 aromatic rings.